The van der Waals surface area contributed by atoms with Crippen LogP contribution < -0.4 is 0 Å². The van der Waals surface area contributed by atoms with Crippen LogP contribution in [0.1, 0.15) is 52.3 Å². The number of aromatic nitrogens is 4. The van der Waals surface area contributed by atoms with Crippen LogP contribution in [-0.2, 0) is 0 Å². The number of allylic oxidation sites excluding steroid dienone is 5. The van der Waals surface area contributed by atoms with Gasteiger partial charge in [-0.15, -0.1) is 11.3 Å². The molecule has 3 heterocycles. The molecular weight excluding hydrogens is 725 g/mol. The zero-order chi connectivity index (χ0) is 38.2. The fraction of sp³-hybridized carbons (Fsp3) is 0.0755. The highest BCUT2D eigenvalue weighted by Crippen LogP contribution is 2.44. The number of thiophene rings is 1. The summed E-state index contributed by atoms with van der Waals surface area (Å²) in [7, 11) is 0. The third kappa shape index (κ3) is 5.38. The van der Waals surface area contributed by atoms with Crippen molar-refractivity contribution in [3.8, 4) is 17.1 Å². The van der Waals surface area contributed by atoms with Crippen molar-refractivity contribution in [2.75, 3.05) is 0 Å². The van der Waals surface area contributed by atoms with Crippen LogP contribution in [0.2, 0.25) is 0 Å². The lowest BCUT2D eigenvalue weighted by atomic mass is 9.91. The molecule has 2 atom stereocenters. The summed E-state index contributed by atoms with van der Waals surface area (Å²) in [5, 5.41) is 8.85. The monoisotopic (exact) mass is 760 g/mol. The Morgan fingerprint density at radius 3 is 2.12 bits per heavy atom. The molecule has 0 spiro atoms. The summed E-state index contributed by atoms with van der Waals surface area (Å²) in [6.45, 7) is 0. The summed E-state index contributed by atoms with van der Waals surface area (Å²) in [5.41, 5.74) is 8.34. The van der Waals surface area contributed by atoms with Crippen LogP contribution in [0.3, 0.4) is 0 Å². The molecule has 10 aromatic rings. The number of hydrogen-bond acceptors (Lipinski definition) is 4. The predicted octanol–water partition coefficient (Wildman–Crippen LogP) is 13.8. The van der Waals surface area contributed by atoms with Gasteiger partial charge in [0.25, 0.3) is 0 Å². The van der Waals surface area contributed by atoms with E-state index in [0.29, 0.717) is 0 Å². The minimum atomic E-state index is 0.0500. The molecular formula is C53H36N4S. The van der Waals surface area contributed by atoms with Gasteiger partial charge in [-0.2, -0.15) is 0 Å². The molecule has 3 aromatic heterocycles. The number of nitrogens with zero attached hydrogens (tertiary/aromatic N) is 4. The first-order valence-electron chi connectivity index (χ1n) is 20.1. The second-order valence-electron chi connectivity index (χ2n) is 15.5. The lowest BCUT2D eigenvalue weighted by molar-refractivity contribution is 0.696. The average Bonchev–Trinajstić information content (AvgIpc) is 3.84. The summed E-state index contributed by atoms with van der Waals surface area (Å²) < 4.78 is 3.76. The van der Waals surface area contributed by atoms with E-state index >= 15 is 0 Å². The molecule has 2 aliphatic carbocycles. The smallest absolute Gasteiger partial charge is 0.163 e. The van der Waals surface area contributed by atoms with Crippen molar-refractivity contribution >= 4 is 76.4 Å². The zero-order valence-electron chi connectivity index (χ0n) is 31.6. The highest BCUT2D eigenvalue weighted by molar-refractivity contribution is 7.19. The molecule has 7 aromatic carbocycles. The molecule has 0 amide bonds. The molecule has 0 aliphatic heterocycles. The van der Waals surface area contributed by atoms with Gasteiger partial charge in [-0.25, -0.2) is 15.0 Å². The fourth-order valence-corrected chi connectivity index (χ4v) is 10.5. The Bertz CT molecular complexity index is 3350. The van der Waals surface area contributed by atoms with Crippen LogP contribution in [0.5, 0.6) is 0 Å². The van der Waals surface area contributed by atoms with Crippen LogP contribution in [0.25, 0.3) is 82.2 Å². The fourth-order valence-electron chi connectivity index (χ4n) is 9.17. The van der Waals surface area contributed by atoms with E-state index in [0.717, 1.165) is 41.6 Å². The molecule has 2 unspecified atom stereocenters. The van der Waals surface area contributed by atoms with Crippen LogP contribution >= 0.6 is 11.3 Å². The van der Waals surface area contributed by atoms with Gasteiger partial charge in [-0.1, -0.05) is 152 Å². The summed E-state index contributed by atoms with van der Waals surface area (Å²) in [4.78, 5) is 16.9. The third-order valence-corrected chi connectivity index (χ3v) is 13.4. The summed E-state index contributed by atoms with van der Waals surface area (Å²) in [5.74, 6) is 2.56. The lowest BCUT2D eigenvalue weighted by Crippen LogP contribution is -2.14. The van der Waals surface area contributed by atoms with Gasteiger partial charge in [0, 0.05) is 42.9 Å². The first kappa shape index (κ1) is 33.2. The maximum Gasteiger partial charge on any atom is 0.163 e. The van der Waals surface area contributed by atoms with E-state index in [4.69, 9.17) is 15.0 Å². The number of rotatable bonds is 5. The molecule has 0 radical (unpaired) electrons. The molecule has 0 saturated heterocycles. The minimum absolute atomic E-state index is 0.0500. The summed E-state index contributed by atoms with van der Waals surface area (Å²) >= 11 is 1.87. The van der Waals surface area contributed by atoms with Gasteiger partial charge in [0.05, 0.1) is 17.0 Å². The number of hydrogen-bond donors (Lipinski definition) is 0. The van der Waals surface area contributed by atoms with Crippen molar-refractivity contribution in [1.82, 2.24) is 19.5 Å². The average molecular weight is 761 g/mol. The molecule has 0 N–H and O–H groups in total. The van der Waals surface area contributed by atoms with E-state index in [-0.39, 0.29) is 11.8 Å². The first-order chi connectivity index (χ1) is 28.7. The van der Waals surface area contributed by atoms with Crippen molar-refractivity contribution in [3.05, 3.63) is 204 Å². The van der Waals surface area contributed by atoms with Gasteiger partial charge < -0.3 is 4.57 Å². The minimum Gasteiger partial charge on any atom is -0.309 e. The second kappa shape index (κ2) is 13.3. The quantitative estimate of drug-likeness (QED) is 0.175. The number of benzene rings is 7. The molecule has 274 valence electrons. The Morgan fingerprint density at radius 1 is 0.552 bits per heavy atom. The van der Waals surface area contributed by atoms with Crippen molar-refractivity contribution in [1.29, 1.82) is 0 Å². The van der Waals surface area contributed by atoms with Gasteiger partial charge in [0.2, 0.25) is 0 Å². The zero-order valence-corrected chi connectivity index (χ0v) is 32.4. The molecule has 0 saturated carbocycles. The summed E-state index contributed by atoms with van der Waals surface area (Å²) in [6.07, 6.45) is 13.1. The van der Waals surface area contributed by atoms with Gasteiger partial charge in [-0.3, -0.25) is 0 Å². The van der Waals surface area contributed by atoms with E-state index in [1.165, 1.54) is 75.0 Å². The van der Waals surface area contributed by atoms with Crippen LogP contribution in [0.4, 0.5) is 0 Å². The Balaban J connectivity index is 0.898. The highest BCUT2D eigenvalue weighted by Gasteiger charge is 2.28. The van der Waals surface area contributed by atoms with Crippen LogP contribution in [0, 0.1) is 0 Å². The van der Waals surface area contributed by atoms with Crippen molar-refractivity contribution in [3.63, 3.8) is 0 Å². The maximum atomic E-state index is 5.27. The first-order valence-corrected chi connectivity index (χ1v) is 20.9. The SMILES string of the molecule is C1=Cc2c(sc3ccccc23)C(c2nc(-c3ccccc3)nc(C3C=CC(c4ccc(-n5c6cc7ccccc7cc6c6ccc7ccccc7c65)cc4)=CC3)n2)C1. The molecule has 5 heteroatoms. The Labute approximate surface area is 339 Å². The van der Waals surface area contributed by atoms with Gasteiger partial charge in [-0.05, 0) is 81.4 Å². The van der Waals surface area contributed by atoms with E-state index < -0.39 is 0 Å². The molecule has 12 rings (SSSR count). The lowest BCUT2D eigenvalue weighted by Gasteiger charge is -2.21. The molecule has 4 nitrogen and oxygen atoms in total. The largest absolute Gasteiger partial charge is 0.309 e. The van der Waals surface area contributed by atoms with E-state index in [1.807, 2.05) is 17.4 Å². The topological polar surface area (TPSA) is 43.6 Å². The highest BCUT2D eigenvalue weighted by atomic mass is 32.1. The molecule has 2 aliphatic rings. The van der Waals surface area contributed by atoms with Gasteiger partial charge >= 0.3 is 0 Å². The maximum absolute atomic E-state index is 5.27. The summed E-state index contributed by atoms with van der Waals surface area (Å²) in [6, 6.07) is 54.8. The van der Waals surface area contributed by atoms with E-state index in [1.54, 1.807) is 0 Å². The van der Waals surface area contributed by atoms with Crippen molar-refractivity contribution in [2.45, 2.75) is 24.7 Å². The Kier molecular flexibility index (Phi) is 7.63. The second-order valence-corrected chi connectivity index (χ2v) is 16.5. The molecule has 0 bridgehead atoms. The van der Waals surface area contributed by atoms with Crippen molar-refractivity contribution in [2.24, 2.45) is 0 Å². The van der Waals surface area contributed by atoms with E-state index in [2.05, 4.69) is 181 Å². The van der Waals surface area contributed by atoms with Crippen LogP contribution in [-0.4, -0.2) is 19.5 Å². The van der Waals surface area contributed by atoms with E-state index in [9.17, 15) is 0 Å². The predicted molar refractivity (Wildman–Crippen MR) is 243 cm³/mol. The van der Waals surface area contributed by atoms with Gasteiger partial charge in [0.1, 0.15) is 11.6 Å². The van der Waals surface area contributed by atoms with Gasteiger partial charge in [0.15, 0.2) is 5.82 Å². The number of fused-ring (bicyclic) bond motifs is 9. The molecule has 58 heavy (non-hydrogen) atoms. The van der Waals surface area contributed by atoms with Crippen molar-refractivity contribution < 1.29 is 0 Å². The molecule has 0 fully saturated rings. The normalized spacial score (nSPS) is 16.4. The Morgan fingerprint density at radius 2 is 1.29 bits per heavy atom. The van der Waals surface area contributed by atoms with Crippen LogP contribution in [0.15, 0.2) is 176 Å². The Hall–Kier alpha value is -6.95. The standard InChI is InChI=1S/C53H36N4S/c1-2-12-36(13-3-1)51-54-52(56-53(55-51)45-19-10-18-44-42-17-8-9-20-48(42)58-50(44)45)37-23-21-33(22-24-37)34-25-28-40(29-26-34)57-47-32-39-15-5-4-14-38(39)31-46(47)43-30-27-35-11-6-7-16-41(35)49(43)57/h1-18,20-23,25-32,37,45H,19,24H2. The third-order valence-electron chi connectivity index (χ3n) is 12.1.